The number of benzene rings is 1. The first-order chi connectivity index (χ1) is 13.5. The van der Waals surface area contributed by atoms with Crippen LogP contribution in [0.2, 0.25) is 0 Å². The van der Waals surface area contributed by atoms with Crippen molar-refractivity contribution in [3.8, 4) is 0 Å². The van der Waals surface area contributed by atoms with Gasteiger partial charge in [-0.3, -0.25) is 14.1 Å². The molecule has 10 heteroatoms. The Hall–Kier alpha value is -0.880. The summed E-state index contributed by atoms with van der Waals surface area (Å²) in [6.07, 6.45) is -4.32. The normalized spacial score (nSPS) is 17.4. The zero-order valence-electron chi connectivity index (χ0n) is 18.0. The van der Waals surface area contributed by atoms with E-state index in [0.717, 1.165) is 38.2 Å². The first-order valence-electron chi connectivity index (χ1n) is 9.73. The lowest BCUT2D eigenvalue weighted by Gasteiger charge is -2.36. The Bertz CT molecular complexity index is 729. The number of aliphatic imine (C=N–C) groups is 1. The Balaban J connectivity index is 0.00000450. The summed E-state index contributed by atoms with van der Waals surface area (Å²) in [4.78, 5) is 8.58. The highest BCUT2D eigenvalue weighted by Gasteiger charge is 2.30. The van der Waals surface area contributed by atoms with Crippen LogP contribution in [0.4, 0.5) is 13.2 Å². The van der Waals surface area contributed by atoms with Crippen molar-refractivity contribution in [3.05, 3.63) is 35.4 Å². The average Bonchev–Trinajstić information content (AvgIpc) is 2.65. The number of hydrogen-bond donors (Lipinski definition) is 1. The van der Waals surface area contributed by atoms with Gasteiger partial charge in [0.25, 0.3) is 0 Å². The summed E-state index contributed by atoms with van der Waals surface area (Å²) in [5.41, 5.74) is 0.0614. The van der Waals surface area contributed by atoms with Crippen LogP contribution in [0.5, 0.6) is 0 Å². The molecule has 1 unspecified atom stereocenters. The molecule has 0 radical (unpaired) electrons. The van der Waals surface area contributed by atoms with Crippen molar-refractivity contribution >= 4 is 40.7 Å². The SMILES string of the molecule is CN=C(NCCS(=O)C(C)(C)C)N1CCN(Cc2cccc(C(F)(F)F)c2)CC1.I. The third kappa shape index (κ3) is 8.33. The highest BCUT2D eigenvalue weighted by atomic mass is 127. The second-order valence-electron chi connectivity index (χ2n) is 8.10. The monoisotopic (exact) mass is 560 g/mol. The van der Waals surface area contributed by atoms with Gasteiger partial charge < -0.3 is 10.2 Å². The molecule has 5 nitrogen and oxygen atoms in total. The third-order valence-electron chi connectivity index (χ3n) is 4.80. The summed E-state index contributed by atoms with van der Waals surface area (Å²) < 4.78 is 50.6. The van der Waals surface area contributed by atoms with E-state index in [-0.39, 0.29) is 28.7 Å². The van der Waals surface area contributed by atoms with Crippen molar-refractivity contribution in [1.29, 1.82) is 0 Å². The summed E-state index contributed by atoms with van der Waals surface area (Å²) in [6, 6.07) is 5.52. The molecule has 1 aromatic carbocycles. The minimum atomic E-state index is -4.32. The fourth-order valence-electron chi connectivity index (χ4n) is 3.12. The molecule has 172 valence electrons. The predicted octanol–water partition coefficient (Wildman–Crippen LogP) is 3.56. The van der Waals surface area contributed by atoms with E-state index in [2.05, 4.69) is 20.1 Å². The lowest BCUT2D eigenvalue weighted by Crippen LogP contribution is -2.52. The van der Waals surface area contributed by atoms with Crippen LogP contribution in [0.15, 0.2) is 29.3 Å². The minimum absolute atomic E-state index is 0. The molecular weight excluding hydrogens is 528 g/mol. The Kier molecular flexibility index (Phi) is 10.6. The van der Waals surface area contributed by atoms with Gasteiger partial charge in [0.2, 0.25) is 0 Å². The summed E-state index contributed by atoms with van der Waals surface area (Å²) in [7, 11) is 0.798. The van der Waals surface area contributed by atoms with Crippen molar-refractivity contribution in [3.63, 3.8) is 0 Å². The molecule has 30 heavy (non-hydrogen) atoms. The fraction of sp³-hybridized carbons (Fsp3) is 0.650. The molecule has 2 rings (SSSR count). The van der Waals surface area contributed by atoms with Crippen LogP contribution >= 0.6 is 24.0 Å². The molecule has 1 aliphatic rings. The zero-order chi connectivity index (χ0) is 21.7. The number of piperazine rings is 1. The molecule has 1 atom stereocenters. The quantitative estimate of drug-likeness (QED) is 0.340. The molecule has 1 aromatic rings. The average molecular weight is 560 g/mol. The van der Waals surface area contributed by atoms with Crippen LogP contribution in [-0.4, -0.2) is 70.2 Å². The lowest BCUT2D eigenvalue weighted by molar-refractivity contribution is -0.137. The maximum atomic E-state index is 12.9. The van der Waals surface area contributed by atoms with Gasteiger partial charge >= 0.3 is 6.18 Å². The van der Waals surface area contributed by atoms with Crippen LogP contribution in [0.3, 0.4) is 0 Å². The standard InChI is InChI=1S/C20H31F3N4OS.HI/c1-19(2,3)29(28)13-8-25-18(24-4)27-11-9-26(10-12-27)15-16-6-5-7-17(14-16)20(21,22)23;/h5-7,14H,8-13,15H2,1-4H3,(H,24,25);1H. The van der Waals surface area contributed by atoms with E-state index in [4.69, 9.17) is 0 Å². The topological polar surface area (TPSA) is 47.9 Å². The predicted molar refractivity (Wildman–Crippen MR) is 128 cm³/mol. The molecule has 1 saturated heterocycles. The zero-order valence-corrected chi connectivity index (χ0v) is 21.1. The van der Waals surface area contributed by atoms with E-state index >= 15 is 0 Å². The smallest absolute Gasteiger partial charge is 0.355 e. The van der Waals surface area contributed by atoms with Gasteiger partial charge in [-0.15, -0.1) is 24.0 Å². The Morgan fingerprint density at radius 2 is 1.80 bits per heavy atom. The number of guanidine groups is 1. The molecule has 0 aliphatic carbocycles. The summed E-state index contributed by atoms with van der Waals surface area (Å²) in [5.74, 6) is 1.33. The van der Waals surface area contributed by atoms with Gasteiger partial charge in [0, 0.05) is 67.6 Å². The number of rotatable bonds is 5. The van der Waals surface area contributed by atoms with Gasteiger partial charge in [0.1, 0.15) is 0 Å². The maximum absolute atomic E-state index is 12.9. The van der Waals surface area contributed by atoms with E-state index in [1.54, 1.807) is 13.1 Å². The van der Waals surface area contributed by atoms with Gasteiger partial charge in [-0.2, -0.15) is 13.2 Å². The number of nitrogens with one attached hydrogen (secondary N) is 1. The van der Waals surface area contributed by atoms with E-state index < -0.39 is 22.5 Å². The lowest BCUT2D eigenvalue weighted by atomic mass is 10.1. The number of hydrogen-bond acceptors (Lipinski definition) is 3. The number of nitrogens with zero attached hydrogens (tertiary/aromatic N) is 3. The van der Waals surface area contributed by atoms with E-state index in [1.807, 2.05) is 20.8 Å². The highest BCUT2D eigenvalue weighted by molar-refractivity contribution is 14.0. The minimum Gasteiger partial charge on any atom is -0.355 e. The Morgan fingerprint density at radius 3 is 2.33 bits per heavy atom. The van der Waals surface area contributed by atoms with Crippen molar-refractivity contribution in [2.75, 3.05) is 45.5 Å². The molecule has 1 fully saturated rings. The highest BCUT2D eigenvalue weighted by Crippen LogP contribution is 2.29. The molecule has 1 heterocycles. The third-order valence-corrected chi connectivity index (χ3v) is 6.74. The summed E-state index contributed by atoms with van der Waals surface area (Å²) in [5, 5.41) is 3.27. The van der Waals surface area contributed by atoms with E-state index in [0.29, 0.717) is 24.4 Å². The number of alkyl halides is 3. The summed E-state index contributed by atoms with van der Waals surface area (Å²) in [6.45, 7) is 9.91. The first kappa shape index (κ1) is 27.2. The van der Waals surface area contributed by atoms with Gasteiger partial charge in [-0.25, -0.2) is 0 Å². The van der Waals surface area contributed by atoms with Crippen LogP contribution in [-0.2, 0) is 23.5 Å². The molecular formula is C20H32F3IN4OS. The fourth-order valence-corrected chi connectivity index (χ4v) is 4.02. The molecule has 1 N–H and O–H groups in total. The van der Waals surface area contributed by atoms with Crippen LogP contribution in [0.1, 0.15) is 31.9 Å². The van der Waals surface area contributed by atoms with Gasteiger partial charge in [0.15, 0.2) is 5.96 Å². The second-order valence-corrected chi connectivity index (χ2v) is 10.4. The molecule has 0 saturated carbocycles. The van der Waals surface area contributed by atoms with Crippen LogP contribution in [0, 0.1) is 0 Å². The molecule has 0 spiro atoms. The molecule has 1 aliphatic heterocycles. The molecule has 0 aromatic heterocycles. The van der Waals surface area contributed by atoms with Crippen molar-refractivity contribution < 1.29 is 17.4 Å². The summed E-state index contributed by atoms with van der Waals surface area (Å²) >= 11 is 0. The van der Waals surface area contributed by atoms with Gasteiger partial charge in [0.05, 0.1) is 5.56 Å². The van der Waals surface area contributed by atoms with Gasteiger partial charge in [-0.05, 0) is 32.4 Å². The van der Waals surface area contributed by atoms with Crippen molar-refractivity contribution in [2.24, 2.45) is 4.99 Å². The molecule has 0 bridgehead atoms. The Labute approximate surface area is 197 Å². The van der Waals surface area contributed by atoms with Crippen LogP contribution < -0.4 is 5.32 Å². The van der Waals surface area contributed by atoms with Crippen molar-refractivity contribution in [1.82, 2.24) is 15.1 Å². The van der Waals surface area contributed by atoms with E-state index in [1.165, 1.54) is 12.1 Å². The Morgan fingerprint density at radius 1 is 1.17 bits per heavy atom. The van der Waals surface area contributed by atoms with Gasteiger partial charge in [-0.1, -0.05) is 18.2 Å². The van der Waals surface area contributed by atoms with Crippen molar-refractivity contribution in [2.45, 2.75) is 38.2 Å². The first-order valence-corrected chi connectivity index (χ1v) is 11.0. The molecule has 0 amide bonds. The number of halogens is 4. The van der Waals surface area contributed by atoms with Crippen LogP contribution in [0.25, 0.3) is 0 Å². The maximum Gasteiger partial charge on any atom is 0.416 e. The van der Waals surface area contributed by atoms with E-state index in [9.17, 15) is 17.4 Å². The largest absolute Gasteiger partial charge is 0.416 e. The second kappa shape index (κ2) is 11.7.